The normalized spacial score (nSPS) is 39.8. The van der Waals surface area contributed by atoms with E-state index in [2.05, 4.69) is 5.32 Å². The maximum atomic E-state index is 12.2. The largest absolute Gasteiger partial charge is 0.481 e. The minimum Gasteiger partial charge on any atom is -0.481 e. The van der Waals surface area contributed by atoms with Crippen LogP contribution < -0.4 is 5.32 Å². The van der Waals surface area contributed by atoms with E-state index in [1.807, 2.05) is 13.8 Å². The molecule has 0 aromatic heterocycles. The number of rotatable bonds is 3. The van der Waals surface area contributed by atoms with Crippen LogP contribution in [0.2, 0.25) is 0 Å². The van der Waals surface area contributed by atoms with Gasteiger partial charge in [-0.25, -0.2) is 0 Å². The highest BCUT2D eigenvalue weighted by Gasteiger charge is 2.43. The molecule has 1 amide bonds. The summed E-state index contributed by atoms with van der Waals surface area (Å²) in [6.07, 6.45) is 2.86. The second-order valence-corrected chi connectivity index (χ2v) is 5.65. The zero-order chi connectivity index (χ0) is 13.3. The van der Waals surface area contributed by atoms with Crippen LogP contribution in [0.15, 0.2) is 0 Å². The maximum Gasteiger partial charge on any atom is 0.307 e. The number of nitrogens with one attached hydrogen (secondary N) is 1. The number of carboxylic acid groups (broad SMARTS) is 1. The van der Waals surface area contributed by atoms with Crippen LogP contribution in [0.5, 0.6) is 0 Å². The molecule has 1 aliphatic carbocycles. The Hall–Kier alpha value is -1.10. The molecular formula is C13H21NO4. The second kappa shape index (κ2) is 4.88. The van der Waals surface area contributed by atoms with Gasteiger partial charge in [0.05, 0.1) is 23.5 Å². The number of ether oxygens (including phenoxy) is 1. The smallest absolute Gasteiger partial charge is 0.307 e. The van der Waals surface area contributed by atoms with Gasteiger partial charge in [0.2, 0.25) is 5.91 Å². The lowest BCUT2D eigenvalue weighted by molar-refractivity contribution is -0.146. The summed E-state index contributed by atoms with van der Waals surface area (Å²) in [5, 5.41) is 12.1. The molecule has 2 rings (SSSR count). The molecular weight excluding hydrogens is 234 g/mol. The average molecular weight is 255 g/mol. The first-order chi connectivity index (χ1) is 8.44. The topological polar surface area (TPSA) is 75.6 Å². The molecule has 2 aliphatic rings. The first-order valence-corrected chi connectivity index (χ1v) is 6.60. The van der Waals surface area contributed by atoms with Gasteiger partial charge in [-0.2, -0.15) is 0 Å². The van der Waals surface area contributed by atoms with E-state index in [9.17, 15) is 9.59 Å². The number of carbonyl (C=O) groups is 2. The molecule has 4 atom stereocenters. The summed E-state index contributed by atoms with van der Waals surface area (Å²) in [6, 6.07) is 0. The fourth-order valence-electron chi connectivity index (χ4n) is 2.94. The van der Waals surface area contributed by atoms with Crippen LogP contribution in [0.1, 0.15) is 39.5 Å². The second-order valence-electron chi connectivity index (χ2n) is 5.65. The van der Waals surface area contributed by atoms with E-state index < -0.39 is 11.9 Å². The van der Waals surface area contributed by atoms with Gasteiger partial charge in [-0.3, -0.25) is 9.59 Å². The fraction of sp³-hybridized carbons (Fsp3) is 0.846. The molecule has 1 heterocycles. The van der Waals surface area contributed by atoms with E-state index in [4.69, 9.17) is 9.84 Å². The van der Waals surface area contributed by atoms with Crippen molar-refractivity contribution in [2.75, 3.05) is 6.61 Å². The summed E-state index contributed by atoms with van der Waals surface area (Å²) < 4.78 is 5.48. The molecule has 0 aromatic rings. The van der Waals surface area contributed by atoms with E-state index in [-0.39, 0.29) is 23.5 Å². The molecule has 102 valence electrons. The van der Waals surface area contributed by atoms with Crippen LogP contribution in [0.4, 0.5) is 0 Å². The van der Waals surface area contributed by atoms with Gasteiger partial charge in [0.25, 0.3) is 0 Å². The Kier molecular flexibility index (Phi) is 3.61. The highest BCUT2D eigenvalue weighted by atomic mass is 16.5. The molecule has 0 radical (unpaired) electrons. The maximum absolute atomic E-state index is 12.2. The van der Waals surface area contributed by atoms with E-state index in [0.29, 0.717) is 19.4 Å². The molecule has 0 bridgehead atoms. The molecule has 1 saturated heterocycles. The molecule has 2 unspecified atom stereocenters. The van der Waals surface area contributed by atoms with E-state index >= 15 is 0 Å². The summed E-state index contributed by atoms with van der Waals surface area (Å²) in [4.78, 5) is 23.3. The van der Waals surface area contributed by atoms with Crippen molar-refractivity contribution in [1.29, 1.82) is 0 Å². The predicted octanol–water partition coefficient (Wildman–Crippen LogP) is 1.17. The number of hydrogen-bond donors (Lipinski definition) is 2. The predicted molar refractivity (Wildman–Crippen MR) is 65.0 cm³/mol. The summed E-state index contributed by atoms with van der Waals surface area (Å²) >= 11 is 0. The number of amides is 1. The lowest BCUT2D eigenvalue weighted by Gasteiger charge is -2.31. The average Bonchev–Trinajstić information content (AvgIpc) is 2.87. The Bertz CT molecular complexity index is 357. The summed E-state index contributed by atoms with van der Waals surface area (Å²) in [6.45, 7) is 4.55. The molecule has 2 fully saturated rings. The monoisotopic (exact) mass is 255 g/mol. The third kappa shape index (κ3) is 2.36. The minimum atomic E-state index is -0.853. The van der Waals surface area contributed by atoms with E-state index in [0.717, 1.165) is 12.8 Å². The Morgan fingerprint density at radius 1 is 1.33 bits per heavy atom. The van der Waals surface area contributed by atoms with Gasteiger partial charge in [0.1, 0.15) is 0 Å². The molecule has 18 heavy (non-hydrogen) atoms. The molecule has 0 aromatic carbocycles. The van der Waals surface area contributed by atoms with Gasteiger partial charge in [0.15, 0.2) is 0 Å². The Labute approximate surface area is 107 Å². The Balaban J connectivity index is 2.01. The molecule has 5 heteroatoms. The van der Waals surface area contributed by atoms with Crippen LogP contribution in [-0.2, 0) is 14.3 Å². The quantitative estimate of drug-likeness (QED) is 0.793. The number of aliphatic carboxylic acids is 1. The van der Waals surface area contributed by atoms with Crippen molar-refractivity contribution >= 4 is 11.9 Å². The van der Waals surface area contributed by atoms with Gasteiger partial charge in [-0.1, -0.05) is 6.42 Å². The van der Waals surface area contributed by atoms with Gasteiger partial charge < -0.3 is 15.2 Å². The number of carbonyl (C=O) groups excluding carboxylic acids is 1. The third-order valence-corrected chi connectivity index (χ3v) is 4.47. The first-order valence-electron chi connectivity index (χ1n) is 6.60. The van der Waals surface area contributed by atoms with Gasteiger partial charge >= 0.3 is 5.97 Å². The zero-order valence-corrected chi connectivity index (χ0v) is 10.9. The highest BCUT2D eigenvalue weighted by molar-refractivity contribution is 5.85. The van der Waals surface area contributed by atoms with Crippen LogP contribution in [0.3, 0.4) is 0 Å². The highest BCUT2D eigenvalue weighted by Crippen LogP contribution is 2.33. The van der Waals surface area contributed by atoms with Gasteiger partial charge in [-0.05, 0) is 33.1 Å². The van der Waals surface area contributed by atoms with Crippen LogP contribution >= 0.6 is 0 Å². The lowest BCUT2D eigenvalue weighted by atomic mass is 9.90. The van der Waals surface area contributed by atoms with Crippen molar-refractivity contribution in [3.8, 4) is 0 Å². The van der Waals surface area contributed by atoms with Gasteiger partial charge in [0, 0.05) is 6.61 Å². The van der Waals surface area contributed by atoms with Crippen molar-refractivity contribution in [2.24, 2.45) is 11.8 Å². The van der Waals surface area contributed by atoms with Crippen molar-refractivity contribution < 1.29 is 19.4 Å². The number of hydrogen-bond acceptors (Lipinski definition) is 3. The molecule has 1 saturated carbocycles. The minimum absolute atomic E-state index is 0.0221. The molecule has 0 spiro atoms. The first kappa shape index (κ1) is 13.3. The summed E-state index contributed by atoms with van der Waals surface area (Å²) in [5.41, 5.74) is -0.358. The Morgan fingerprint density at radius 3 is 2.56 bits per heavy atom. The van der Waals surface area contributed by atoms with Gasteiger partial charge in [-0.15, -0.1) is 0 Å². The van der Waals surface area contributed by atoms with E-state index in [1.165, 1.54) is 0 Å². The SMILES string of the molecule is CC1OCCC1(C)NC(=O)[C@@H]1CCC[C@@H]1C(=O)O. The van der Waals surface area contributed by atoms with Crippen LogP contribution in [0.25, 0.3) is 0 Å². The zero-order valence-electron chi connectivity index (χ0n) is 10.9. The third-order valence-electron chi connectivity index (χ3n) is 4.47. The van der Waals surface area contributed by atoms with E-state index in [1.54, 1.807) is 0 Å². The number of carboxylic acids is 1. The van der Waals surface area contributed by atoms with Crippen LogP contribution in [0, 0.1) is 11.8 Å². The van der Waals surface area contributed by atoms with Crippen molar-refractivity contribution in [3.63, 3.8) is 0 Å². The van der Waals surface area contributed by atoms with Crippen LogP contribution in [-0.4, -0.2) is 35.2 Å². The van der Waals surface area contributed by atoms with Crippen molar-refractivity contribution in [3.05, 3.63) is 0 Å². The fourth-order valence-corrected chi connectivity index (χ4v) is 2.94. The Morgan fingerprint density at radius 2 is 2.00 bits per heavy atom. The standard InChI is InChI=1S/C13H21NO4/c1-8-13(2,6-7-18-8)14-11(15)9-4-3-5-10(9)12(16)17/h8-10H,3-7H2,1-2H3,(H,14,15)(H,16,17)/t8?,9-,10+,13?/m1/s1. The summed E-state index contributed by atoms with van der Waals surface area (Å²) in [7, 11) is 0. The molecule has 1 aliphatic heterocycles. The molecule has 2 N–H and O–H groups in total. The summed E-state index contributed by atoms with van der Waals surface area (Å²) in [5.74, 6) is -1.88. The van der Waals surface area contributed by atoms with Crippen molar-refractivity contribution in [1.82, 2.24) is 5.32 Å². The molecule has 5 nitrogen and oxygen atoms in total. The lowest BCUT2D eigenvalue weighted by Crippen LogP contribution is -2.53. The van der Waals surface area contributed by atoms with Crippen molar-refractivity contribution in [2.45, 2.75) is 51.2 Å².